The van der Waals surface area contributed by atoms with Crippen LogP contribution in [0.25, 0.3) is 5.65 Å². The smallest absolute Gasteiger partial charge is 0.270 e. The number of imidazole rings is 1. The van der Waals surface area contributed by atoms with Crippen LogP contribution in [-0.2, 0) is 0 Å². The monoisotopic (exact) mass is 243 g/mol. The molecule has 0 radical (unpaired) electrons. The Balaban J connectivity index is 1.91. The molecule has 0 atom stereocenters. The van der Waals surface area contributed by atoms with Crippen LogP contribution in [0, 0.1) is 6.92 Å². The van der Waals surface area contributed by atoms with Gasteiger partial charge in [-0.2, -0.15) is 5.21 Å². The number of nitrogens with one attached hydrogen (secondary N) is 2. The van der Waals surface area contributed by atoms with Crippen LogP contribution in [0.5, 0.6) is 0 Å². The van der Waals surface area contributed by atoms with Crippen LogP contribution in [0.1, 0.15) is 16.1 Å². The van der Waals surface area contributed by atoms with Crippen molar-refractivity contribution in [3.63, 3.8) is 0 Å². The molecule has 0 aliphatic rings. The lowest BCUT2D eigenvalue weighted by Crippen LogP contribution is -2.13. The molecule has 0 spiro atoms. The van der Waals surface area contributed by atoms with E-state index in [1.54, 1.807) is 18.3 Å². The number of H-pyrrole nitrogens is 1. The molecule has 0 bridgehead atoms. The summed E-state index contributed by atoms with van der Waals surface area (Å²) in [5.41, 5.74) is 2.09. The zero-order valence-corrected chi connectivity index (χ0v) is 9.45. The van der Waals surface area contributed by atoms with Gasteiger partial charge in [0.1, 0.15) is 5.65 Å². The molecule has 0 aromatic carbocycles. The summed E-state index contributed by atoms with van der Waals surface area (Å²) in [7, 11) is 0. The minimum atomic E-state index is -0.306. The number of nitrogens with zero attached hydrogens (tertiary/aromatic N) is 5. The van der Waals surface area contributed by atoms with Crippen molar-refractivity contribution in [2.24, 2.45) is 0 Å². The Labute approximate surface area is 101 Å². The molecule has 0 fully saturated rings. The summed E-state index contributed by atoms with van der Waals surface area (Å²) in [6.07, 6.45) is 3.66. The Hall–Kier alpha value is -2.77. The molecule has 1 amide bonds. The number of rotatable bonds is 2. The average Bonchev–Trinajstić information content (AvgIpc) is 2.95. The molecule has 0 saturated heterocycles. The van der Waals surface area contributed by atoms with Crippen molar-refractivity contribution in [1.29, 1.82) is 0 Å². The van der Waals surface area contributed by atoms with Crippen molar-refractivity contribution >= 4 is 17.5 Å². The molecule has 3 heterocycles. The highest BCUT2D eigenvalue weighted by Gasteiger charge is 2.10. The van der Waals surface area contributed by atoms with Crippen molar-refractivity contribution in [3.8, 4) is 0 Å². The van der Waals surface area contributed by atoms with E-state index >= 15 is 0 Å². The molecule has 8 heteroatoms. The van der Waals surface area contributed by atoms with Gasteiger partial charge in [-0.3, -0.25) is 10.1 Å². The highest BCUT2D eigenvalue weighted by molar-refractivity contribution is 6.03. The summed E-state index contributed by atoms with van der Waals surface area (Å²) in [5.74, 6) is -0.168. The fourth-order valence-corrected chi connectivity index (χ4v) is 1.64. The maximum absolute atomic E-state index is 11.9. The van der Waals surface area contributed by atoms with Gasteiger partial charge in [-0.1, -0.05) is 5.10 Å². The maximum Gasteiger partial charge on any atom is 0.270 e. The van der Waals surface area contributed by atoms with Gasteiger partial charge in [-0.15, -0.1) is 5.10 Å². The summed E-state index contributed by atoms with van der Waals surface area (Å²) in [6.45, 7) is 1.89. The first kappa shape index (κ1) is 10.4. The van der Waals surface area contributed by atoms with Crippen molar-refractivity contribution in [2.45, 2.75) is 6.92 Å². The number of amides is 1. The number of pyridine rings is 1. The van der Waals surface area contributed by atoms with Gasteiger partial charge in [-0.05, 0) is 24.3 Å². The number of aryl methyl sites for hydroxylation is 1. The van der Waals surface area contributed by atoms with Crippen LogP contribution in [0.4, 0.5) is 5.95 Å². The van der Waals surface area contributed by atoms with E-state index in [1.807, 2.05) is 17.5 Å². The van der Waals surface area contributed by atoms with E-state index in [4.69, 9.17) is 0 Å². The molecule has 0 unspecified atom stereocenters. The molecule has 3 aromatic heterocycles. The molecule has 90 valence electrons. The van der Waals surface area contributed by atoms with E-state index in [-0.39, 0.29) is 11.9 Å². The molecule has 3 rings (SSSR count). The third-order valence-corrected chi connectivity index (χ3v) is 2.41. The Bertz CT molecular complexity index is 700. The van der Waals surface area contributed by atoms with Crippen LogP contribution in [0.3, 0.4) is 0 Å². The number of hydrogen-bond donors (Lipinski definition) is 2. The van der Waals surface area contributed by atoms with E-state index in [1.165, 1.54) is 0 Å². The van der Waals surface area contributed by atoms with Crippen LogP contribution in [-0.4, -0.2) is 35.9 Å². The average molecular weight is 243 g/mol. The summed E-state index contributed by atoms with van der Waals surface area (Å²) < 4.78 is 1.85. The van der Waals surface area contributed by atoms with E-state index in [0.717, 1.165) is 5.69 Å². The standard InChI is InChI=1S/C10H9N7O/c1-6-5-17-3-2-7(4-8(17)11-6)9(18)12-10-13-15-16-14-10/h2-5H,1H3,(H2,12,13,14,15,16,18). The highest BCUT2D eigenvalue weighted by atomic mass is 16.1. The van der Waals surface area contributed by atoms with Crippen LogP contribution < -0.4 is 5.32 Å². The minimum absolute atomic E-state index is 0.138. The molecular weight excluding hydrogens is 234 g/mol. The second-order valence-corrected chi connectivity index (χ2v) is 3.75. The Morgan fingerprint density at radius 3 is 3.17 bits per heavy atom. The van der Waals surface area contributed by atoms with Crippen LogP contribution >= 0.6 is 0 Å². The molecular formula is C10H9N7O. The van der Waals surface area contributed by atoms with Gasteiger partial charge in [-0.25, -0.2) is 4.98 Å². The number of anilines is 1. The first-order valence-electron chi connectivity index (χ1n) is 5.22. The molecule has 18 heavy (non-hydrogen) atoms. The first-order chi connectivity index (χ1) is 8.72. The predicted molar refractivity (Wildman–Crippen MR) is 62.1 cm³/mol. The van der Waals surface area contributed by atoms with Gasteiger partial charge in [0.15, 0.2) is 0 Å². The second-order valence-electron chi connectivity index (χ2n) is 3.75. The fourth-order valence-electron chi connectivity index (χ4n) is 1.64. The Morgan fingerprint density at radius 2 is 2.39 bits per heavy atom. The Kier molecular flexibility index (Phi) is 2.26. The molecule has 0 aliphatic heterocycles. The summed E-state index contributed by atoms with van der Waals surface area (Å²) in [6, 6.07) is 3.39. The summed E-state index contributed by atoms with van der Waals surface area (Å²) in [4.78, 5) is 16.2. The van der Waals surface area contributed by atoms with Gasteiger partial charge < -0.3 is 4.40 Å². The van der Waals surface area contributed by atoms with E-state index < -0.39 is 0 Å². The number of carbonyl (C=O) groups is 1. The fraction of sp³-hybridized carbons (Fsp3) is 0.100. The maximum atomic E-state index is 11.9. The van der Waals surface area contributed by atoms with Crippen molar-refractivity contribution in [1.82, 2.24) is 30.0 Å². The third-order valence-electron chi connectivity index (χ3n) is 2.41. The number of carbonyl (C=O) groups excluding carboxylic acids is 1. The summed E-state index contributed by atoms with van der Waals surface area (Å²) in [5, 5.41) is 15.4. The first-order valence-corrected chi connectivity index (χ1v) is 5.22. The zero-order chi connectivity index (χ0) is 12.5. The SMILES string of the molecule is Cc1cn2ccc(C(=O)Nc3nn[nH]n3)cc2n1. The molecule has 0 saturated carbocycles. The van der Waals surface area contributed by atoms with Crippen LogP contribution in [0.2, 0.25) is 0 Å². The quantitative estimate of drug-likeness (QED) is 0.678. The van der Waals surface area contributed by atoms with Gasteiger partial charge in [0.05, 0.1) is 5.69 Å². The van der Waals surface area contributed by atoms with Crippen molar-refractivity contribution < 1.29 is 4.79 Å². The molecule has 8 nitrogen and oxygen atoms in total. The minimum Gasteiger partial charge on any atom is -0.307 e. The number of tetrazole rings is 1. The number of hydrogen-bond acceptors (Lipinski definition) is 5. The summed E-state index contributed by atoms with van der Waals surface area (Å²) >= 11 is 0. The lowest BCUT2D eigenvalue weighted by molar-refractivity contribution is 0.102. The second kappa shape index (κ2) is 3.91. The zero-order valence-electron chi connectivity index (χ0n) is 9.45. The normalized spacial score (nSPS) is 10.7. The third kappa shape index (κ3) is 1.79. The molecule has 0 aliphatic carbocycles. The largest absolute Gasteiger partial charge is 0.307 e. The number of aromatic nitrogens is 6. The lowest BCUT2D eigenvalue weighted by atomic mass is 10.2. The number of aromatic amines is 1. The van der Waals surface area contributed by atoms with E-state index in [2.05, 4.69) is 30.9 Å². The van der Waals surface area contributed by atoms with Crippen LogP contribution in [0.15, 0.2) is 24.5 Å². The van der Waals surface area contributed by atoms with Crippen molar-refractivity contribution in [3.05, 3.63) is 35.8 Å². The predicted octanol–water partition coefficient (Wildman–Crippen LogP) is 0.408. The lowest BCUT2D eigenvalue weighted by Gasteiger charge is -2.00. The molecule has 3 aromatic rings. The van der Waals surface area contributed by atoms with Crippen molar-refractivity contribution in [2.75, 3.05) is 5.32 Å². The highest BCUT2D eigenvalue weighted by Crippen LogP contribution is 2.09. The molecule has 2 N–H and O–H groups in total. The van der Waals surface area contributed by atoms with Gasteiger partial charge in [0, 0.05) is 18.0 Å². The topological polar surface area (TPSA) is 101 Å². The van der Waals surface area contributed by atoms with Gasteiger partial charge in [0.25, 0.3) is 11.9 Å². The van der Waals surface area contributed by atoms with E-state index in [9.17, 15) is 4.79 Å². The van der Waals surface area contributed by atoms with Gasteiger partial charge >= 0.3 is 0 Å². The van der Waals surface area contributed by atoms with Gasteiger partial charge in [0.2, 0.25) is 0 Å². The number of fused-ring (bicyclic) bond motifs is 1. The Morgan fingerprint density at radius 1 is 1.50 bits per heavy atom. The van der Waals surface area contributed by atoms with E-state index in [0.29, 0.717) is 11.2 Å².